The van der Waals surface area contributed by atoms with E-state index < -0.39 is 11.7 Å². The highest BCUT2D eigenvalue weighted by molar-refractivity contribution is 5.91. The van der Waals surface area contributed by atoms with Crippen LogP contribution in [0.2, 0.25) is 0 Å². The molecule has 4 aromatic rings. The second kappa shape index (κ2) is 11.4. The van der Waals surface area contributed by atoms with Crippen molar-refractivity contribution in [2.75, 3.05) is 7.05 Å². The van der Waals surface area contributed by atoms with E-state index in [1.807, 2.05) is 72.5 Å². The van der Waals surface area contributed by atoms with Gasteiger partial charge in [0.25, 0.3) is 5.91 Å². The van der Waals surface area contributed by atoms with Gasteiger partial charge in [-0.25, -0.2) is 4.98 Å². The fraction of sp³-hybridized carbons (Fsp3) is 0.241. The van der Waals surface area contributed by atoms with Crippen molar-refractivity contribution in [3.05, 3.63) is 125 Å². The first-order chi connectivity index (χ1) is 17.7. The average molecular weight is 508 g/mol. The van der Waals surface area contributed by atoms with Crippen molar-refractivity contribution in [3.63, 3.8) is 0 Å². The molecule has 8 heteroatoms. The summed E-state index contributed by atoms with van der Waals surface area (Å²) in [6.45, 7) is 2.48. The summed E-state index contributed by atoms with van der Waals surface area (Å²) >= 11 is 0. The van der Waals surface area contributed by atoms with Crippen LogP contribution in [0.15, 0.2) is 95.6 Å². The third kappa shape index (κ3) is 6.65. The van der Waals surface area contributed by atoms with Crippen molar-refractivity contribution in [2.24, 2.45) is 0 Å². The monoisotopic (exact) mass is 507 g/mol. The summed E-state index contributed by atoms with van der Waals surface area (Å²) in [4.78, 5) is 20.7. The molecule has 0 bridgehead atoms. The van der Waals surface area contributed by atoms with Crippen LogP contribution in [-0.2, 0) is 25.8 Å². The van der Waals surface area contributed by atoms with Gasteiger partial charge < -0.3 is 9.32 Å². The zero-order chi connectivity index (χ0) is 26.4. The van der Waals surface area contributed by atoms with E-state index in [1.165, 1.54) is 18.4 Å². The number of oxazole rings is 1. The van der Waals surface area contributed by atoms with Crippen molar-refractivity contribution in [3.8, 4) is 0 Å². The van der Waals surface area contributed by atoms with Crippen LogP contribution in [0, 0.1) is 0 Å². The standard InChI is InChI=1S/C29H28F3N3O2/c1-21(23-13-7-4-8-14-23)35(18-24-15-9-10-16-25(24)29(30,31)32)19-27-33-26(20-37-27)28(36)34(2)17-22-11-5-3-6-12-22/h3-16,20-21H,17-19H2,1-2H3. The molecule has 37 heavy (non-hydrogen) atoms. The molecule has 0 N–H and O–H groups in total. The van der Waals surface area contributed by atoms with Crippen LogP contribution in [0.3, 0.4) is 0 Å². The molecule has 5 nitrogen and oxygen atoms in total. The van der Waals surface area contributed by atoms with Crippen molar-refractivity contribution in [1.29, 1.82) is 0 Å². The minimum atomic E-state index is -4.47. The first-order valence-corrected chi connectivity index (χ1v) is 11.9. The number of alkyl halides is 3. The van der Waals surface area contributed by atoms with Gasteiger partial charge in [-0.05, 0) is 29.7 Å². The molecule has 0 spiro atoms. The SMILES string of the molecule is CC(c1ccccc1)N(Cc1nc(C(=O)N(C)Cc2ccccc2)co1)Cc1ccccc1C(F)(F)F. The number of carbonyl (C=O) groups is 1. The molecule has 3 aromatic carbocycles. The van der Waals surface area contributed by atoms with Crippen LogP contribution in [0.4, 0.5) is 13.2 Å². The number of aromatic nitrogens is 1. The van der Waals surface area contributed by atoms with Gasteiger partial charge in [0.1, 0.15) is 6.26 Å². The van der Waals surface area contributed by atoms with Crippen molar-refractivity contribution < 1.29 is 22.4 Å². The fourth-order valence-corrected chi connectivity index (χ4v) is 4.21. The molecule has 1 atom stereocenters. The highest BCUT2D eigenvalue weighted by Crippen LogP contribution is 2.34. The quantitative estimate of drug-likeness (QED) is 0.252. The Bertz CT molecular complexity index is 1310. The highest BCUT2D eigenvalue weighted by Gasteiger charge is 2.34. The number of hydrogen-bond donors (Lipinski definition) is 0. The molecule has 0 saturated carbocycles. The molecular weight excluding hydrogens is 479 g/mol. The normalized spacial score (nSPS) is 12.5. The maximum atomic E-state index is 13.7. The molecule has 1 unspecified atom stereocenters. The van der Waals surface area contributed by atoms with E-state index in [1.54, 1.807) is 18.0 Å². The van der Waals surface area contributed by atoms with E-state index in [0.29, 0.717) is 6.54 Å². The number of amides is 1. The molecule has 1 heterocycles. The van der Waals surface area contributed by atoms with Crippen LogP contribution < -0.4 is 0 Å². The smallest absolute Gasteiger partial charge is 0.416 e. The molecule has 4 rings (SSSR count). The maximum absolute atomic E-state index is 13.7. The van der Waals surface area contributed by atoms with Gasteiger partial charge in [0, 0.05) is 26.2 Å². The lowest BCUT2D eigenvalue weighted by Gasteiger charge is -2.29. The van der Waals surface area contributed by atoms with E-state index in [-0.39, 0.29) is 42.2 Å². The van der Waals surface area contributed by atoms with Gasteiger partial charge in [-0.3, -0.25) is 9.69 Å². The second-order valence-electron chi connectivity index (χ2n) is 8.92. The fourth-order valence-electron chi connectivity index (χ4n) is 4.21. The van der Waals surface area contributed by atoms with Gasteiger partial charge in [-0.1, -0.05) is 78.9 Å². The lowest BCUT2D eigenvalue weighted by molar-refractivity contribution is -0.138. The molecule has 0 aliphatic carbocycles. The van der Waals surface area contributed by atoms with Crippen LogP contribution in [0.1, 0.15) is 51.6 Å². The minimum absolute atomic E-state index is 0.0192. The van der Waals surface area contributed by atoms with Crippen molar-refractivity contribution in [2.45, 2.75) is 38.8 Å². The zero-order valence-electron chi connectivity index (χ0n) is 20.7. The Morgan fingerprint density at radius 3 is 2.19 bits per heavy atom. The lowest BCUT2D eigenvalue weighted by atomic mass is 10.0. The summed E-state index contributed by atoms with van der Waals surface area (Å²) in [5.41, 5.74) is 1.55. The van der Waals surface area contributed by atoms with Gasteiger partial charge in [0.15, 0.2) is 5.69 Å². The first-order valence-electron chi connectivity index (χ1n) is 11.9. The Hall–Kier alpha value is -3.91. The zero-order valence-corrected chi connectivity index (χ0v) is 20.7. The Kier molecular flexibility index (Phi) is 8.08. The molecular formula is C29H28F3N3O2. The Balaban J connectivity index is 1.56. The number of benzene rings is 3. The number of nitrogens with zero attached hydrogens (tertiary/aromatic N) is 3. The van der Waals surface area contributed by atoms with Crippen molar-refractivity contribution >= 4 is 5.91 Å². The van der Waals surface area contributed by atoms with E-state index in [9.17, 15) is 18.0 Å². The van der Waals surface area contributed by atoms with Gasteiger partial charge in [0.05, 0.1) is 12.1 Å². The topological polar surface area (TPSA) is 49.6 Å². The van der Waals surface area contributed by atoms with Crippen LogP contribution in [0.25, 0.3) is 0 Å². The molecule has 0 saturated heterocycles. The molecule has 192 valence electrons. The summed E-state index contributed by atoms with van der Waals surface area (Å²) in [6.07, 6.45) is -3.17. The van der Waals surface area contributed by atoms with E-state index in [4.69, 9.17) is 4.42 Å². The summed E-state index contributed by atoms with van der Waals surface area (Å²) < 4.78 is 46.7. The second-order valence-corrected chi connectivity index (χ2v) is 8.92. The first kappa shape index (κ1) is 26.2. The molecule has 1 amide bonds. The van der Waals surface area contributed by atoms with Crippen molar-refractivity contribution in [1.82, 2.24) is 14.8 Å². The third-order valence-electron chi connectivity index (χ3n) is 6.24. The Labute approximate surface area is 214 Å². The van der Waals surface area contributed by atoms with Gasteiger partial charge in [-0.2, -0.15) is 13.2 Å². The molecule has 0 aliphatic rings. The summed E-state index contributed by atoms with van der Waals surface area (Å²) in [7, 11) is 1.68. The van der Waals surface area contributed by atoms with Crippen LogP contribution in [-0.4, -0.2) is 27.7 Å². The molecule has 0 radical (unpaired) electrons. The Morgan fingerprint density at radius 2 is 1.51 bits per heavy atom. The molecule has 0 aliphatic heterocycles. The maximum Gasteiger partial charge on any atom is 0.416 e. The Morgan fingerprint density at radius 1 is 0.892 bits per heavy atom. The highest BCUT2D eigenvalue weighted by atomic mass is 19.4. The predicted molar refractivity (Wildman–Crippen MR) is 134 cm³/mol. The largest absolute Gasteiger partial charge is 0.447 e. The third-order valence-corrected chi connectivity index (χ3v) is 6.24. The van der Waals surface area contributed by atoms with Crippen LogP contribution in [0.5, 0.6) is 0 Å². The predicted octanol–water partition coefficient (Wildman–Crippen LogP) is 6.73. The number of halogens is 3. The number of carbonyl (C=O) groups excluding carboxylic acids is 1. The number of rotatable bonds is 9. The summed E-state index contributed by atoms with van der Waals surface area (Å²) in [5.74, 6) is -0.0485. The van der Waals surface area contributed by atoms with E-state index in [2.05, 4.69) is 4.98 Å². The average Bonchev–Trinajstić information content (AvgIpc) is 3.36. The molecule has 0 fully saturated rings. The van der Waals surface area contributed by atoms with Crippen LogP contribution >= 0.6 is 0 Å². The van der Waals surface area contributed by atoms with E-state index >= 15 is 0 Å². The minimum Gasteiger partial charge on any atom is -0.447 e. The number of hydrogen-bond acceptors (Lipinski definition) is 4. The van der Waals surface area contributed by atoms with Gasteiger partial charge >= 0.3 is 6.18 Å². The van der Waals surface area contributed by atoms with Gasteiger partial charge in [-0.15, -0.1) is 0 Å². The molecule has 1 aromatic heterocycles. The lowest BCUT2D eigenvalue weighted by Crippen LogP contribution is -2.28. The summed E-state index contributed by atoms with van der Waals surface area (Å²) in [5, 5.41) is 0. The summed E-state index contributed by atoms with van der Waals surface area (Å²) in [6, 6.07) is 24.4. The van der Waals surface area contributed by atoms with E-state index in [0.717, 1.165) is 17.2 Å². The van der Waals surface area contributed by atoms with Gasteiger partial charge in [0.2, 0.25) is 5.89 Å².